The number of aryl methyl sites for hydroxylation is 2. The highest BCUT2D eigenvalue weighted by atomic mass is 35.5. The first-order valence-corrected chi connectivity index (χ1v) is 16.4. The van der Waals surface area contributed by atoms with Crippen LogP contribution in [0.25, 0.3) is 22.3 Å². The first-order chi connectivity index (χ1) is 22.3. The Morgan fingerprint density at radius 3 is 2.61 bits per heavy atom. The van der Waals surface area contributed by atoms with Crippen LogP contribution in [0.5, 0.6) is 5.75 Å². The van der Waals surface area contributed by atoms with Crippen LogP contribution in [0.1, 0.15) is 72.2 Å². The third-order valence-electron chi connectivity index (χ3n) is 8.91. The minimum atomic E-state index is -0.813. The molecule has 46 heavy (non-hydrogen) atoms. The molecule has 2 N–H and O–H groups in total. The molecule has 0 bridgehead atoms. The molecule has 2 aliphatic carbocycles. The number of unbranched alkanes of at least 4 members (excludes halogenated alkanes) is 1. The number of amides is 1. The summed E-state index contributed by atoms with van der Waals surface area (Å²) >= 11 is 6.12. The average Bonchev–Trinajstić information content (AvgIpc) is 3.06. The summed E-state index contributed by atoms with van der Waals surface area (Å²) in [5, 5.41) is 13.0. The molecule has 1 heterocycles. The van der Waals surface area contributed by atoms with Crippen LogP contribution in [0.2, 0.25) is 5.02 Å². The van der Waals surface area contributed by atoms with Crippen molar-refractivity contribution in [1.82, 2.24) is 15.3 Å². The minimum absolute atomic E-state index is 0.0874. The lowest BCUT2D eigenvalue weighted by Gasteiger charge is -2.27. The predicted molar refractivity (Wildman–Crippen MR) is 181 cm³/mol. The van der Waals surface area contributed by atoms with Crippen LogP contribution < -0.4 is 10.1 Å². The van der Waals surface area contributed by atoms with Crippen LogP contribution in [0.3, 0.4) is 0 Å². The molecular weight excluding hydrogens is 598 g/mol. The molecule has 8 heteroatoms. The molecule has 236 valence electrons. The molecule has 0 fully saturated rings. The summed E-state index contributed by atoms with van der Waals surface area (Å²) < 4.78 is 6.18. The van der Waals surface area contributed by atoms with Crippen molar-refractivity contribution in [2.24, 2.45) is 11.8 Å². The fraction of sp³-hybridized carbons (Fsp3) is 0.316. The van der Waals surface area contributed by atoms with Gasteiger partial charge in [-0.2, -0.15) is 0 Å². The number of carbonyl (C=O) groups excluding carboxylic acids is 1. The van der Waals surface area contributed by atoms with E-state index in [0.717, 1.165) is 47.5 Å². The van der Waals surface area contributed by atoms with Gasteiger partial charge in [-0.1, -0.05) is 61.0 Å². The Kier molecular flexibility index (Phi) is 9.79. The fourth-order valence-electron chi connectivity index (χ4n) is 6.25. The molecular formula is C38H38ClN3O4. The van der Waals surface area contributed by atoms with Gasteiger partial charge in [0.25, 0.3) is 5.91 Å². The SMILES string of the molecule is CC1C=CC=CC1COc1ccc2c(c1)CCCC2NC(=O)c1ccc2nc(-c3ccc(Cl)cc3)c(CCCCC(=O)O)nc2c1. The Balaban J connectivity index is 1.19. The number of fused-ring (bicyclic) bond motifs is 2. The number of carbonyl (C=O) groups is 2. The maximum atomic E-state index is 13.6. The molecule has 2 aliphatic rings. The maximum Gasteiger partial charge on any atom is 0.303 e. The molecule has 0 saturated carbocycles. The van der Waals surface area contributed by atoms with Crippen molar-refractivity contribution < 1.29 is 19.4 Å². The first kappa shape index (κ1) is 31.5. The Hall–Kier alpha value is -4.49. The summed E-state index contributed by atoms with van der Waals surface area (Å²) in [6.07, 6.45) is 13.3. The second-order valence-electron chi connectivity index (χ2n) is 12.2. The molecule has 0 saturated heterocycles. The molecule has 6 rings (SSSR count). The second kappa shape index (κ2) is 14.3. The summed E-state index contributed by atoms with van der Waals surface area (Å²) in [5.74, 6) is 0.705. The van der Waals surface area contributed by atoms with Gasteiger partial charge in [0.05, 0.1) is 35.1 Å². The summed E-state index contributed by atoms with van der Waals surface area (Å²) in [6, 6.07) is 19.0. The molecule has 4 aromatic rings. The van der Waals surface area contributed by atoms with Gasteiger partial charge in [0, 0.05) is 28.5 Å². The second-order valence-corrected chi connectivity index (χ2v) is 12.6. The topological polar surface area (TPSA) is 101 Å². The third-order valence-corrected chi connectivity index (χ3v) is 9.16. The Bertz CT molecular complexity index is 1800. The lowest BCUT2D eigenvalue weighted by molar-refractivity contribution is -0.137. The van der Waals surface area contributed by atoms with Crippen LogP contribution in [0.15, 0.2) is 85.0 Å². The number of allylic oxidation sites excluding steroid dienone is 3. The summed E-state index contributed by atoms with van der Waals surface area (Å²) in [6.45, 7) is 2.84. The number of nitrogens with one attached hydrogen (secondary N) is 1. The van der Waals surface area contributed by atoms with E-state index < -0.39 is 5.97 Å². The van der Waals surface area contributed by atoms with E-state index in [1.54, 1.807) is 12.1 Å². The molecule has 3 atom stereocenters. The van der Waals surface area contributed by atoms with Gasteiger partial charge < -0.3 is 15.2 Å². The smallest absolute Gasteiger partial charge is 0.303 e. The zero-order valence-electron chi connectivity index (χ0n) is 25.9. The first-order valence-electron chi connectivity index (χ1n) is 16.0. The molecule has 3 aromatic carbocycles. The number of rotatable bonds is 11. The quantitative estimate of drug-likeness (QED) is 0.161. The van der Waals surface area contributed by atoms with Gasteiger partial charge in [0.1, 0.15) is 5.75 Å². The van der Waals surface area contributed by atoms with Crippen LogP contribution in [0, 0.1) is 11.8 Å². The molecule has 0 spiro atoms. The van der Waals surface area contributed by atoms with Gasteiger partial charge in [-0.15, -0.1) is 0 Å². The number of halogens is 1. The number of ether oxygens (including phenoxy) is 1. The van der Waals surface area contributed by atoms with Crippen molar-refractivity contribution in [2.75, 3.05) is 6.61 Å². The number of benzene rings is 3. The lowest BCUT2D eigenvalue weighted by atomic mass is 9.87. The van der Waals surface area contributed by atoms with Gasteiger partial charge in [-0.25, -0.2) is 9.97 Å². The average molecular weight is 636 g/mol. The van der Waals surface area contributed by atoms with Crippen molar-refractivity contribution in [1.29, 1.82) is 0 Å². The van der Waals surface area contributed by atoms with E-state index in [9.17, 15) is 9.59 Å². The van der Waals surface area contributed by atoms with Gasteiger partial charge in [-0.3, -0.25) is 9.59 Å². The van der Waals surface area contributed by atoms with E-state index in [2.05, 4.69) is 48.7 Å². The highest BCUT2D eigenvalue weighted by Gasteiger charge is 2.24. The number of hydrogen-bond donors (Lipinski definition) is 2. The van der Waals surface area contributed by atoms with E-state index in [4.69, 9.17) is 31.4 Å². The molecule has 7 nitrogen and oxygen atoms in total. The van der Waals surface area contributed by atoms with Crippen molar-refractivity contribution in [3.63, 3.8) is 0 Å². The standard InChI is InChI=1S/C38H38ClN3O4/c1-24-7-2-3-8-28(24)23-46-30-18-19-31-26(21-30)9-6-11-32(31)42-38(45)27-15-20-33-35(22-27)40-34(10-4-5-12-36(43)44)37(41-33)25-13-16-29(39)17-14-25/h2-3,7-8,13-22,24,28,32H,4-6,9-12,23H2,1H3,(H,42,45)(H,43,44). The number of hydrogen-bond acceptors (Lipinski definition) is 5. The van der Waals surface area contributed by atoms with Gasteiger partial charge in [0.2, 0.25) is 0 Å². The van der Waals surface area contributed by atoms with E-state index in [1.807, 2.05) is 36.4 Å². The minimum Gasteiger partial charge on any atom is -0.493 e. The van der Waals surface area contributed by atoms with E-state index in [1.165, 1.54) is 5.56 Å². The molecule has 0 radical (unpaired) electrons. The maximum absolute atomic E-state index is 13.6. The predicted octanol–water partition coefficient (Wildman–Crippen LogP) is 8.31. The van der Waals surface area contributed by atoms with Crippen molar-refractivity contribution in [2.45, 2.75) is 57.9 Å². The van der Waals surface area contributed by atoms with E-state index >= 15 is 0 Å². The third kappa shape index (κ3) is 7.48. The van der Waals surface area contributed by atoms with Crippen molar-refractivity contribution in [3.05, 3.63) is 112 Å². The zero-order valence-corrected chi connectivity index (χ0v) is 26.7. The normalized spacial score (nSPS) is 18.7. The van der Waals surface area contributed by atoms with E-state index in [0.29, 0.717) is 59.3 Å². The molecule has 0 aliphatic heterocycles. The molecule has 1 amide bonds. The fourth-order valence-corrected chi connectivity index (χ4v) is 6.38. The van der Waals surface area contributed by atoms with Gasteiger partial charge in [-0.05, 0) is 98.0 Å². The van der Waals surface area contributed by atoms with E-state index in [-0.39, 0.29) is 18.4 Å². The molecule has 3 unspecified atom stereocenters. The largest absolute Gasteiger partial charge is 0.493 e. The number of nitrogens with zero attached hydrogens (tertiary/aromatic N) is 2. The Labute approximate surface area is 274 Å². The highest BCUT2D eigenvalue weighted by Crippen LogP contribution is 2.33. The Morgan fingerprint density at radius 1 is 0.978 bits per heavy atom. The van der Waals surface area contributed by atoms with Crippen molar-refractivity contribution in [3.8, 4) is 17.0 Å². The summed E-state index contributed by atoms with van der Waals surface area (Å²) in [4.78, 5) is 34.5. The van der Waals surface area contributed by atoms with Crippen LogP contribution in [0.4, 0.5) is 0 Å². The van der Waals surface area contributed by atoms with Gasteiger partial charge in [0.15, 0.2) is 0 Å². The number of aliphatic carboxylic acids is 1. The Morgan fingerprint density at radius 2 is 1.80 bits per heavy atom. The summed E-state index contributed by atoms with van der Waals surface area (Å²) in [5.41, 5.74) is 6.57. The van der Waals surface area contributed by atoms with Crippen LogP contribution >= 0.6 is 11.6 Å². The lowest BCUT2D eigenvalue weighted by Crippen LogP contribution is -2.31. The van der Waals surface area contributed by atoms with Crippen LogP contribution in [-0.2, 0) is 17.6 Å². The number of carboxylic acid groups (broad SMARTS) is 1. The molecule has 1 aromatic heterocycles. The zero-order chi connectivity index (χ0) is 32.0. The summed E-state index contributed by atoms with van der Waals surface area (Å²) in [7, 11) is 0. The van der Waals surface area contributed by atoms with Gasteiger partial charge >= 0.3 is 5.97 Å². The highest BCUT2D eigenvalue weighted by molar-refractivity contribution is 6.30. The number of carboxylic acids is 1. The van der Waals surface area contributed by atoms with Crippen molar-refractivity contribution >= 4 is 34.5 Å². The van der Waals surface area contributed by atoms with Crippen LogP contribution in [-0.4, -0.2) is 33.6 Å². The monoisotopic (exact) mass is 635 g/mol. The number of aromatic nitrogens is 2.